The summed E-state index contributed by atoms with van der Waals surface area (Å²) in [6.45, 7) is 1.46. The number of ketones is 2. The maximum atomic E-state index is 12.8. The molecule has 3 rings (SSSR count). The van der Waals surface area contributed by atoms with Crippen LogP contribution in [0.15, 0.2) is 54.6 Å². The van der Waals surface area contributed by atoms with Crippen LogP contribution in [0.5, 0.6) is 5.75 Å². The van der Waals surface area contributed by atoms with Crippen molar-refractivity contribution in [2.45, 2.75) is 19.3 Å². The van der Waals surface area contributed by atoms with Crippen LogP contribution < -0.4 is 4.74 Å². The van der Waals surface area contributed by atoms with E-state index in [0.717, 1.165) is 5.56 Å². The Balaban J connectivity index is 0.00000208. The molecule has 0 N–H and O–H groups in total. The second-order valence-corrected chi connectivity index (χ2v) is 5.68. The fourth-order valence-corrected chi connectivity index (χ4v) is 2.99. The maximum Gasteiger partial charge on any atom is 1.00 e. The molecule has 2 atom stereocenters. The van der Waals surface area contributed by atoms with Gasteiger partial charge in [-0.2, -0.15) is 0 Å². The Morgan fingerprint density at radius 2 is 1.67 bits per heavy atom. The Morgan fingerprint density at radius 1 is 1.04 bits per heavy atom. The van der Waals surface area contributed by atoms with Crippen LogP contribution in [0.1, 0.15) is 35.2 Å². The second kappa shape index (κ2) is 7.83. The van der Waals surface area contributed by atoms with Crippen LogP contribution >= 0.6 is 0 Å². The molecule has 0 saturated carbocycles. The van der Waals surface area contributed by atoms with E-state index in [0.29, 0.717) is 5.56 Å². The number of hydrogen-bond donors (Lipinski definition) is 0. The van der Waals surface area contributed by atoms with Crippen molar-refractivity contribution in [2.24, 2.45) is 5.92 Å². The van der Waals surface area contributed by atoms with Gasteiger partial charge in [0.1, 0.15) is 17.5 Å². The van der Waals surface area contributed by atoms with Crippen molar-refractivity contribution in [1.82, 2.24) is 0 Å². The summed E-state index contributed by atoms with van der Waals surface area (Å²) < 4.78 is 5.33. The summed E-state index contributed by atoms with van der Waals surface area (Å²) in [5.74, 6) is -2.17. The zero-order chi connectivity index (χ0) is 16.4. The first-order chi connectivity index (χ1) is 11.1. The fourth-order valence-electron chi connectivity index (χ4n) is 2.99. The molecule has 118 valence electrons. The summed E-state index contributed by atoms with van der Waals surface area (Å²) in [6, 6.07) is 15.9. The molecular formula is C19H16O4Tl+. The SMILES string of the molecule is CC(=O)CC(c1ccccc1)C1C(=O)Oc2ccccc2C1=O.[Tl+]. The predicted molar refractivity (Wildman–Crippen MR) is 90.1 cm³/mol. The number of rotatable bonds is 4. The van der Waals surface area contributed by atoms with Gasteiger partial charge in [0.05, 0.1) is 5.56 Å². The molecule has 4 nitrogen and oxygen atoms in total. The maximum absolute atomic E-state index is 12.8. The van der Waals surface area contributed by atoms with Crippen LogP contribution in [0, 0.1) is 5.92 Å². The van der Waals surface area contributed by atoms with Crippen molar-refractivity contribution in [3.63, 3.8) is 0 Å². The molecule has 1 aliphatic rings. The minimum absolute atomic E-state index is 0. The van der Waals surface area contributed by atoms with E-state index in [9.17, 15) is 14.4 Å². The summed E-state index contributed by atoms with van der Waals surface area (Å²) in [4.78, 5) is 36.9. The molecule has 0 fully saturated rings. The van der Waals surface area contributed by atoms with Gasteiger partial charge in [0, 0.05) is 12.3 Å². The van der Waals surface area contributed by atoms with Crippen molar-refractivity contribution in [3.8, 4) is 5.75 Å². The van der Waals surface area contributed by atoms with Crippen molar-refractivity contribution in [1.29, 1.82) is 0 Å². The van der Waals surface area contributed by atoms with Crippen molar-refractivity contribution in [3.05, 3.63) is 65.7 Å². The van der Waals surface area contributed by atoms with Gasteiger partial charge in [0.25, 0.3) is 0 Å². The molecule has 0 aliphatic carbocycles. The average Bonchev–Trinajstić information content (AvgIpc) is 2.54. The number of benzene rings is 2. The van der Waals surface area contributed by atoms with Crippen molar-refractivity contribution < 1.29 is 19.1 Å². The minimum atomic E-state index is -0.990. The number of carbonyl (C=O) groups is 3. The van der Waals surface area contributed by atoms with E-state index in [4.69, 9.17) is 4.74 Å². The van der Waals surface area contributed by atoms with E-state index in [1.165, 1.54) is 6.92 Å². The number of hydrogen-bond acceptors (Lipinski definition) is 4. The quantitative estimate of drug-likeness (QED) is 0.274. The fraction of sp³-hybridized carbons (Fsp3) is 0.211. The van der Waals surface area contributed by atoms with Crippen LogP contribution in [0.3, 0.4) is 0 Å². The molecule has 0 aromatic heterocycles. The Hall–Kier alpha value is -1.83. The van der Waals surface area contributed by atoms with Gasteiger partial charge in [0.2, 0.25) is 0 Å². The normalized spacial score (nSPS) is 17.3. The van der Waals surface area contributed by atoms with Crippen LogP contribution in [-0.2, 0) is 9.59 Å². The molecule has 5 heteroatoms. The molecule has 1 heterocycles. The predicted octanol–water partition coefficient (Wildman–Crippen LogP) is 2.79. The smallest absolute Gasteiger partial charge is 0.425 e. The van der Waals surface area contributed by atoms with E-state index in [-0.39, 0.29) is 51.0 Å². The topological polar surface area (TPSA) is 60.4 Å². The molecule has 0 bridgehead atoms. The largest absolute Gasteiger partial charge is 1.00 e. The summed E-state index contributed by atoms with van der Waals surface area (Å²) in [7, 11) is 0. The number of ether oxygens (including phenoxy) is 1. The molecule has 1 aliphatic heterocycles. The molecule has 0 amide bonds. The molecule has 2 aromatic rings. The Labute approximate surface area is 160 Å². The molecule has 2 unspecified atom stereocenters. The first-order valence-electron chi connectivity index (χ1n) is 7.47. The van der Waals surface area contributed by atoms with E-state index < -0.39 is 17.8 Å². The number of esters is 1. The first kappa shape index (κ1) is 18.5. The van der Waals surface area contributed by atoms with Gasteiger partial charge >= 0.3 is 33.3 Å². The number of Topliss-reactive ketones (excluding diaryl/α,β-unsaturated/α-hetero) is 2. The first-order valence-corrected chi connectivity index (χ1v) is 7.47. The zero-order valence-electron chi connectivity index (χ0n) is 13.3. The van der Waals surface area contributed by atoms with E-state index in [2.05, 4.69) is 0 Å². The van der Waals surface area contributed by atoms with Crippen LogP contribution in [-0.4, -0.2) is 44.8 Å². The van der Waals surface area contributed by atoms with Crippen molar-refractivity contribution in [2.75, 3.05) is 0 Å². The molecule has 0 radical (unpaired) electrons. The Bertz CT molecular complexity index is 770. The van der Waals surface area contributed by atoms with E-state index in [1.54, 1.807) is 24.3 Å². The van der Waals surface area contributed by atoms with Gasteiger partial charge in [-0.1, -0.05) is 42.5 Å². The minimum Gasteiger partial charge on any atom is -0.425 e. The summed E-state index contributed by atoms with van der Waals surface area (Å²) >= 11 is 0. The van der Waals surface area contributed by atoms with Crippen LogP contribution in [0.25, 0.3) is 0 Å². The molecule has 2 aromatic carbocycles. The van der Waals surface area contributed by atoms with E-state index in [1.807, 2.05) is 30.3 Å². The van der Waals surface area contributed by atoms with E-state index >= 15 is 0 Å². The molecular weight excluding hydrogens is 497 g/mol. The number of fused-ring (bicyclic) bond motifs is 1. The van der Waals surface area contributed by atoms with Crippen LogP contribution in [0.4, 0.5) is 0 Å². The third-order valence-corrected chi connectivity index (χ3v) is 4.04. The number of para-hydroxylation sites is 1. The van der Waals surface area contributed by atoms with Crippen LogP contribution in [0.2, 0.25) is 0 Å². The standard InChI is InChI=1S/C19H16O4.Tl/c1-12(20)11-15(13-7-3-2-4-8-13)17-18(21)14-9-5-6-10-16(14)23-19(17)22;/h2-10,15,17H,11H2,1H3;/q;+1. The summed E-state index contributed by atoms with van der Waals surface area (Å²) in [5, 5.41) is 0. The third-order valence-electron chi connectivity index (χ3n) is 4.04. The Morgan fingerprint density at radius 3 is 2.33 bits per heavy atom. The third kappa shape index (κ3) is 3.63. The summed E-state index contributed by atoms with van der Waals surface area (Å²) in [6.07, 6.45) is 0.123. The number of carbonyl (C=O) groups excluding carboxylic acids is 3. The van der Waals surface area contributed by atoms with Gasteiger partial charge in [-0.25, -0.2) is 0 Å². The van der Waals surface area contributed by atoms with Gasteiger partial charge in [-0.3, -0.25) is 9.59 Å². The Kier molecular flexibility index (Phi) is 6.04. The van der Waals surface area contributed by atoms with Gasteiger partial charge in [0.15, 0.2) is 5.78 Å². The molecule has 0 spiro atoms. The van der Waals surface area contributed by atoms with Gasteiger partial charge in [-0.05, 0) is 24.6 Å². The molecule has 0 saturated heterocycles. The van der Waals surface area contributed by atoms with Gasteiger partial charge in [-0.15, -0.1) is 0 Å². The molecule has 24 heavy (non-hydrogen) atoms. The van der Waals surface area contributed by atoms with Crippen molar-refractivity contribution >= 4 is 44.8 Å². The summed E-state index contributed by atoms with van der Waals surface area (Å²) in [5.41, 5.74) is 1.18. The second-order valence-electron chi connectivity index (χ2n) is 5.68. The monoisotopic (exact) mass is 513 g/mol. The average molecular weight is 513 g/mol. The van der Waals surface area contributed by atoms with Gasteiger partial charge < -0.3 is 9.53 Å². The zero-order valence-corrected chi connectivity index (χ0v) is 17.8.